The van der Waals surface area contributed by atoms with Crippen molar-refractivity contribution in [3.05, 3.63) is 34.6 Å². The van der Waals surface area contributed by atoms with Crippen molar-refractivity contribution in [2.75, 3.05) is 7.05 Å². The molecule has 0 spiro atoms. The highest BCUT2D eigenvalue weighted by Crippen LogP contribution is 2.34. The Morgan fingerprint density at radius 1 is 1.33 bits per heavy atom. The molecule has 0 N–H and O–H groups in total. The maximum Gasteiger partial charge on any atom is 0.411 e. The van der Waals surface area contributed by atoms with E-state index in [1.807, 2.05) is 0 Å². The number of amides is 1. The standard InChI is InChI=1S/C15H19ClFNO3/c1-14(2,3)21-13(20)18(5)15(4,9-19)12-10(16)7-6-8-11(12)17/h6-9H,1-5H3. The third-order valence-electron chi connectivity index (χ3n) is 3.06. The maximum atomic E-state index is 14.1. The molecular weight excluding hydrogens is 297 g/mol. The van der Waals surface area contributed by atoms with Gasteiger partial charge in [-0.15, -0.1) is 0 Å². The van der Waals surface area contributed by atoms with Crippen LogP contribution in [0.2, 0.25) is 5.02 Å². The Labute approximate surface area is 128 Å². The summed E-state index contributed by atoms with van der Waals surface area (Å²) in [6.45, 7) is 6.52. The first-order valence-electron chi connectivity index (χ1n) is 6.40. The van der Waals surface area contributed by atoms with Gasteiger partial charge in [0, 0.05) is 17.6 Å². The molecule has 0 bridgehead atoms. The second kappa shape index (κ2) is 6.02. The normalized spacial score (nSPS) is 14.2. The van der Waals surface area contributed by atoms with Crippen LogP contribution in [-0.2, 0) is 15.1 Å². The van der Waals surface area contributed by atoms with E-state index in [0.29, 0.717) is 6.29 Å². The summed E-state index contributed by atoms with van der Waals surface area (Å²) in [7, 11) is 1.37. The van der Waals surface area contributed by atoms with Gasteiger partial charge in [0.05, 0.1) is 0 Å². The summed E-state index contributed by atoms with van der Waals surface area (Å²) >= 11 is 6.00. The van der Waals surface area contributed by atoms with Crippen LogP contribution < -0.4 is 0 Å². The first-order valence-corrected chi connectivity index (χ1v) is 6.78. The van der Waals surface area contributed by atoms with Gasteiger partial charge in [-0.1, -0.05) is 17.7 Å². The minimum atomic E-state index is -1.56. The summed E-state index contributed by atoms with van der Waals surface area (Å²) in [5.41, 5.74) is -2.35. The second-order valence-corrected chi connectivity index (χ2v) is 6.31. The number of hydrogen-bond acceptors (Lipinski definition) is 3. The van der Waals surface area contributed by atoms with Crippen molar-refractivity contribution >= 4 is 24.0 Å². The summed E-state index contributed by atoms with van der Waals surface area (Å²) in [6.07, 6.45) is -0.266. The zero-order chi connectivity index (χ0) is 16.4. The van der Waals surface area contributed by atoms with Gasteiger partial charge in [0.1, 0.15) is 23.2 Å². The lowest BCUT2D eigenvalue weighted by molar-refractivity contribution is -0.117. The fraction of sp³-hybridized carbons (Fsp3) is 0.467. The third kappa shape index (κ3) is 3.73. The molecule has 0 aromatic heterocycles. The van der Waals surface area contributed by atoms with Crippen molar-refractivity contribution in [3.8, 4) is 0 Å². The molecule has 1 unspecified atom stereocenters. The zero-order valence-corrected chi connectivity index (χ0v) is 13.5. The molecule has 21 heavy (non-hydrogen) atoms. The van der Waals surface area contributed by atoms with Gasteiger partial charge in [-0.05, 0) is 39.8 Å². The first-order chi connectivity index (χ1) is 9.53. The Morgan fingerprint density at radius 2 is 1.90 bits per heavy atom. The summed E-state index contributed by atoms with van der Waals surface area (Å²) in [4.78, 5) is 24.7. The van der Waals surface area contributed by atoms with Crippen LogP contribution in [0.1, 0.15) is 33.3 Å². The van der Waals surface area contributed by atoms with Crippen molar-refractivity contribution in [1.29, 1.82) is 0 Å². The van der Waals surface area contributed by atoms with Crippen molar-refractivity contribution in [3.63, 3.8) is 0 Å². The number of benzene rings is 1. The van der Waals surface area contributed by atoms with Crippen LogP contribution in [0.5, 0.6) is 0 Å². The molecule has 1 atom stereocenters. The van der Waals surface area contributed by atoms with Crippen molar-refractivity contribution < 1.29 is 18.7 Å². The molecule has 0 radical (unpaired) electrons. The topological polar surface area (TPSA) is 46.6 Å². The SMILES string of the molecule is CN(C(=O)OC(C)(C)C)C(C)(C=O)c1c(F)cccc1Cl. The molecule has 0 saturated carbocycles. The zero-order valence-electron chi connectivity index (χ0n) is 12.7. The molecule has 4 nitrogen and oxygen atoms in total. The fourth-order valence-electron chi connectivity index (χ4n) is 1.81. The van der Waals surface area contributed by atoms with E-state index in [-0.39, 0.29) is 10.6 Å². The molecule has 1 rings (SSSR count). The number of likely N-dealkylation sites (N-methyl/N-ethyl adjacent to an activating group) is 1. The van der Waals surface area contributed by atoms with Gasteiger partial charge in [0.25, 0.3) is 0 Å². The largest absolute Gasteiger partial charge is 0.444 e. The van der Waals surface area contributed by atoms with E-state index in [1.165, 1.54) is 32.2 Å². The molecule has 0 heterocycles. The average molecular weight is 316 g/mol. The van der Waals surface area contributed by atoms with E-state index in [0.717, 1.165) is 4.90 Å². The number of hydrogen-bond donors (Lipinski definition) is 0. The van der Waals surface area contributed by atoms with Crippen LogP contribution in [0.4, 0.5) is 9.18 Å². The minimum absolute atomic E-state index is 0.0602. The summed E-state index contributed by atoms with van der Waals surface area (Å²) in [5, 5.41) is 0.0695. The highest BCUT2D eigenvalue weighted by atomic mass is 35.5. The van der Waals surface area contributed by atoms with Crippen molar-refractivity contribution in [2.45, 2.75) is 38.8 Å². The summed E-state index contributed by atoms with van der Waals surface area (Å²) in [6, 6.07) is 4.08. The predicted molar refractivity (Wildman–Crippen MR) is 78.8 cm³/mol. The molecular formula is C15H19ClFNO3. The Hall–Kier alpha value is -1.62. The number of carbonyl (C=O) groups excluding carboxylic acids is 2. The average Bonchev–Trinajstić information content (AvgIpc) is 2.35. The fourth-order valence-corrected chi connectivity index (χ4v) is 2.16. The van der Waals surface area contributed by atoms with E-state index in [9.17, 15) is 14.0 Å². The second-order valence-electron chi connectivity index (χ2n) is 5.90. The number of rotatable bonds is 3. The van der Waals surface area contributed by atoms with Crippen LogP contribution in [-0.4, -0.2) is 29.9 Å². The summed E-state index contributed by atoms with van der Waals surface area (Å²) in [5.74, 6) is -0.660. The lowest BCUT2D eigenvalue weighted by Crippen LogP contribution is -2.48. The Balaban J connectivity index is 3.27. The monoisotopic (exact) mass is 315 g/mol. The predicted octanol–water partition coefficient (Wildman–Crippen LogP) is 3.76. The van der Waals surface area contributed by atoms with Gasteiger partial charge in [-0.3, -0.25) is 4.90 Å². The molecule has 0 saturated heterocycles. The van der Waals surface area contributed by atoms with E-state index in [4.69, 9.17) is 16.3 Å². The molecule has 6 heteroatoms. The smallest absolute Gasteiger partial charge is 0.411 e. The molecule has 1 aromatic carbocycles. The van der Waals surface area contributed by atoms with E-state index < -0.39 is 23.1 Å². The number of carbonyl (C=O) groups is 2. The Kier molecular flexibility index (Phi) is 4.99. The number of halogens is 2. The Morgan fingerprint density at radius 3 is 2.33 bits per heavy atom. The molecule has 0 aliphatic carbocycles. The van der Waals surface area contributed by atoms with E-state index in [1.54, 1.807) is 20.8 Å². The van der Waals surface area contributed by atoms with Crippen LogP contribution in [0.25, 0.3) is 0 Å². The maximum absolute atomic E-state index is 14.1. The third-order valence-corrected chi connectivity index (χ3v) is 3.38. The first kappa shape index (κ1) is 17.4. The number of aldehydes is 1. The highest BCUT2D eigenvalue weighted by Gasteiger charge is 2.40. The van der Waals surface area contributed by atoms with Gasteiger partial charge in [0.15, 0.2) is 0 Å². The summed E-state index contributed by atoms with van der Waals surface area (Å²) < 4.78 is 19.3. The van der Waals surface area contributed by atoms with Gasteiger partial charge in [-0.25, -0.2) is 9.18 Å². The lowest BCUT2D eigenvalue weighted by Gasteiger charge is -2.36. The van der Waals surface area contributed by atoms with Gasteiger partial charge in [0.2, 0.25) is 0 Å². The van der Waals surface area contributed by atoms with Gasteiger partial charge in [-0.2, -0.15) is 0 Å². The van der Waals surface area contributed by atoms with Gasteiger partial charge < -0.3 is 9.53 Å². The van der Waals surface area contributed by atoms with Gasteiger partial charge >= 0.3 is 6.09 Å². The van der Waals surface area contributed by atoms with Crippen LogP contribution in [0, 0.1) is 5.82 Å². The van der Waals surface area contributed by atoms with Crippen LogP contribution in [0.15, 0.2) is 18.2 Å². The van der Waals surface area contributed by atoms with Crippen molar-refractivity contribution in [1.82, 2.24) is 4.90 Å². The van der Waals surface area contributed by atoms with E-state index in [2.05, 4.69) is 0 Å². The minimum Gasteiger partial charge on any atom is -0.444 e. The number of nitrogens with zero attached hydrogens (tertiary/aromatic N) is 1. The molecule has 0 aliphatic rings. The van der Waals surface area contributed by atoms with E-state index >= 15 is 0 Å². The molecule has 0 fully saturated rings. The Bertz CT molecular complexity index is 536. The lowest BCUT2D eigenvalue weighted by atomic mass is 9.91. The molecule has 1 aromatic rings. The van der Waals surface area contributed by atoms with Crippen LogP contribution >= 0.6 is 11.6 Å². The number of ether oxygens (including phenoxy) is 1. The quantitative estimate of drug-likeness (QED) is 0.798. The van der Waals surface area contributed by atoms with Crippen LogP contribution in [0.3, 0.4) is 0 Å². The molecule has 0 aliphatic heterocycles. The van der Waals surface area contributed by atoms with Crippen molar-refractivity contribution in [2.24, 2.45) is 0 Å². The molecule has 1 amide bonds. The molecule has 116 valence electrons. The highest BCUT2D eigenvalue weighted by molar-refractivity contribution is 6.31.